The van der Waals surface area contributed by atoms with E-state index in [0.29, 0.717) is 24.9 Å². The fourth-order valence-electron chi connectivity index (χ4n) is 2.53. The maximum atomic E-state index is 9.35. The van der Waals surface area contributed by atoms with Crippen LogP contribution in [0, 0.1) is 0 Å². The second-order valence-corrected chi connectivity index (χ2v) is 5.58. The van der Waals surface area contributed by atoms with Gasteiger partial charge in [-0.15, -0.1) is 0 Å². The van der Waals surface area contributed by atoms with Crippen LogP contribution in [-0.2, 0) is 13.1 Å². The first-order valence-electron chi connectivity index (χ1n) is 8.06. The highest BCUT2D eigenvalue weighted by Crippen LogP contribution is 2.15. The maximum absolute atomic E-state index is 9.35. The summed E-state index contributed by atoms with van der Waals surface area (Å²) in [6.45, 7) is 1.72. The standard InChI is InChI=1S/C18H21N5O2/c1-25-17-7-8-19-18(21-17)22(9-10-24)12-16-11-20-23(14-16)13-15-5-3-2-4-6-15/h2-8,11,14,24H,9-10,12-13H2,1H3. The number of nitrogens with zero attached hydrogens (tertiary/aromatic N) is 5. The Labute approximate surface area is 146 Å². The number of hydrogen-bond donors (Lipinski definition) is 1. The number of benzene rings is 1. The molecule has 0 spiro atoms. The average Bonchev–Trinajstić information content (AvgIpc) is 3.09. The van der Waals surface area contributed by atoms with Crippen molar-refractivity contribution in [3.8, 4) is 5.88 Å². The minimum absolute atomic E-state index is 0.0126. The Hall–Kier alpha value is -2.93. The highest BCUT2D eigenvalue weighted by atomic mass is 16.5. The van der Waals surface area contributed by atoms with Crippen LogP contribution in [0.2, 0.25) is 0 Å². The number of ether oxygens (including phenoxy) is 1. The van der Waals surface area contributed by atoms with E-state index >= 15 is 0 Å². The maximum Gasteiger partial charge on any atom is 0.228 e. The molecule has 3 rings (SSSR count). The molecule has 0 amide bonds. The lowest BCUT2D eigenvalue weighted by atomic mass is 10.2. The molecule has 0 unspecified atom stereocenters. The van der Waals surface area contributed by atoms with Gasteiger partial charge in [-0.2, -0.15) is 10.1 Å². The average molecular weight is 339 g/mol. The minimum atomic E-state index is 0.0126. The molecule has 0 saturated carbocycles. The molecule has 0 saturated heterocycles. The van der Waals surface area contributed by atoms with Gasteiger partial charge in [-0.1, -0.05) is 30.3 Å². The van der Waals surface area contributed by atoms with Gasteiger partial charge >= 0.3 is 0 Å². The highest BCUT2D eigenvalue weighted by molar-refractivity contribution is 5.33. The Bertz CT molecular complexity index is 791. The van der Waals surface area contributed by atoms with Gasteiger partial charge in [0, 0.05) is 37.1 Å². The normalized spacial score (nSPS) is 10.6. The second kappa shape index (κ2) is 8.25. The Kier molecular flexibility index (Phi) is 5.58. The van der Waals surface area contributed by atoms with Crippen molar-refractivity contribution in [3.05, 3.63) is 66.1 Å². The Morgan fingerprint density at radius 2 is 2.00 bits per heavy atom. The van der Waals surface area contributed by atoms with Gasteiger partial charge in [0.1, 0.15) is 0 Å². The van der Waals surface area contributed by atoms with Crippen molar-refractivity contribution in [1.82, 2.24) is 19.7 Å². The van der Waals surface area contributed by atoms with Crippen molar-refractivity contribution >= 4 is 5.95 Å². The number of methoxy groups -OCH3 is 1. The highest BCUT2D eigenvalue weighted by Gasteiger charge is 2.12. The van der Waals surface area contributed by atoms with Crippen LogP contribution in [0.15, 0.2) is 55.0 Å². The summed E-state index contributed by atoms with van der Waals surface area (Å²) in [6.07, 6.45) is 5.47. The van der Waals surface area contributed by atoms with Gasteiger partial charge in [0.05, 0.1) is 26.5 Å². The minimum Gasteiger partial charge on any atom is -0.481 e. The van der Waals surface area contributed by atoms with Crippen LogP contribution in [0.4, 0.5) is 5.95 Å². The number of aromatic nitrogens is 4. The molecule has 0 aliphatic rings. The van der Waals surface area contributed by atoms with Crippen LogP contribution in [-0.4, -0.2) is 45.1 Å². The first-order valence-corrected chi connectivity index (χ1v) is 8.06. The first-order chi connectivity index (χ1) is 12.3. The zero-order valence-electron chi connectivity index (χ0n) is 14.1. The van der Waals surface area contributed by atoms with Gasteiger partial charge in [0.25, 0.3) is 0 Å². The summed E-state index contributed by atoms with van der Waals surface area (Å²) >= 11 is 0. The molecule has 0 atom stereocenters. The third-order valence-corrected chi connectivity index (χ3v) is 3.73. The second-order valence-electron chi connectivity index (χ2n) is 5.58. The Morgan fingerprint density at radius 1 is 1.16 bits per heavy atom. The lowest BCUT2D eigenvalue weighted by molar-refractivity contribution is 0.300. The number of rotatable bonds is 8. The summed E-state index contributed by atoms with van der Waals surface area (Å²) in [5.41, 5.74) is 2.22. The predicted molar refractivity (Wildman–Crippen MR) is 94.5 cm³/mol. The largest absolute Gasteiger partial charge is 0.481 e. The lowest BCUT2D eigenvalue weighted by Gasteiger charge is -2.21. The van der Waals surface area contributed by atoms with Gasteiger partial charge in [0.2, 0.25) is 11.8 Å². The van der Waals surface area contributed by atoms with E-state index < -0.39 is 0 Å². The monoisotopic (exact) mass is 339 g/mol. The van der Waals surface area contributed by atoms with Gasteiger partial charge in [0.15, 0.2) is 0 Å². The molecule has 0 bridgehead atoms. The quantitative estimate of drug-likeness (QED) is 0.673. The summed E-state index contributed by atoms with van der Waals surface area (Å²) in [7, 11) is 1.57. The number of aliphatic hydroxyl groups excluding tert-OH is 1. The molecule has 25 heavy (non-hydrogen) atoms. The molecular weight excluding hydrogens is 318 g/mol. The zero-order chi connectivity index (χ0) is 17.5. The fourth-order valence-corrected chi connectivity index (χ4v) is 2.53. The number of aliphatic hydroxyl groups is 1. The predicted octanol–water partition coefficient (Wildman–Crippen LogP) is 1.73. The molecule has 2 aromatic heterocycles. The molecular formula is C18H21N5O2. The number of anilines is 1. The molecule has 0 aliphatic heterocycles. The molecule has 2 heterocycles. The van der Waals surface area contributed by atoms with Crippen LogP contribution in [0.5, 0.6) is 5.88 Å². The molecule has 0 radical (unpaired) electrons. The van der Waals surface area contributed by atoms with Crippen LogP contribution in [0.1, 0.15) is 11.1 Å². The summed E-state index contributed by atoms with van der Waals surface area (Å²) in [4.78, 5) is 10.5. The smallest absolute Gasteiger partial charge is 0.228 e. The van der Waals surface area contributed by atoms with Crippen molar-refractivity contribution < 1.29 is 9.84 Å². The molecule has 130 valence electrons. The molecule has 0 aliphatic carbocycles. The van der Waals surface area contributed by atoms with E-state index in [1.54, 1.807) is 19.4 Å². The van der Waals surface area contributed by atoms with Crippen molar-refractivity contribution in [2.45, 2.75) is 13.1 Å². The SMILES string of the molecule is COc1ccnc(N(CCO)Cc2cnn(Cc3ccccc3)c2)n1. The van der Waals surface area contributed by atoms with Crippen molar-refractivity contribution in [2.24, 2.45) is 0 Å². The van der Waals surface area contributed by atoms with E-state index in [1.807, 2.05) is 40.2 Å². The summed E-state index contributed by atoms with van der Waals surface area (Å²) in [5.74, 6) is 1.01. The molecule has 7 nitrogen and oxygen atoms in total. The van der Waals surface area contributed by atoms with Crippen molar-refractivity contribution in [3.63, 3.8) is 0 Å². The van der Waals surface area contributed by atoms with E-state index in [9.17, 15) is 5.11 Å². The number of hydrogen-bond acceptors (Lipinski definition) is 6. The molecule has 0 fully saturated rings. The van der Waals surface area contributed by atoms with Gasteiger partial charge < -0.3 is 14.7 Å². The molecule has 1 N–H and O–H groups in total. The van der Waals surface area contributed by atoms with E-state index in [0.717, 1.165) is 12.1 Å². The van der Waals surface area contributed by atoms with E-state index in [-0.39, 0.29) is 6.61 Å². The van der Waals surface area contributed by atoms with Gasteiger partial charge in [-0.05, 0) is 5.56 Å². The van der Waals surface area contributed by atoms with E-state index in [2.05, 4.69) is 27.2 Å². The first kappa shape index (κ1) is 16.9. The van der Waals surface area contributed by atoms with Crippen LogP contribution < -0.4 is 9.64 Å². The lowest BCUT2D eigenvalue weighted by Crippen LogP contribution is -2.27. The summed E-state index contributed by atoms with van der Waals surface area (Å²) in [5, 5.41) is 13.8. The van der Waals surface area contributed by atoms with Gasteiger partial charge in [-0.25, -0.2) is 4.98 Å². The third-order valence-electron chi connectivity index (χ3n) is 3.73. The topological polar surface area (TPSA) is 76.3 Å². The molecule has 3 aromatic rings. The fraction of sp³-hybridized carbons (Fsp3) is 0.278. The summed E-state index contributed by atoms with van der Waals surface area (Å²) < 4.78 is 7.04. The third kappa shape index (κ3) is 4.54. The van der Waals surface area contributed by atoms with Crippen LogP contribution >= 0.6 is 0 Å². The van der Waals surface area contributed by atoms with Crippen LogP contribution in [0.25, 0.3) is 0 Å². The van der Waals surface area contributed by atoms with Crippen molar-refractivity contribution in [1.29, 1.82) is 0 Å². The van der Waals surface area contributed by atoms with Crippen LogP contribution in [0.3, 0.4) is 0 Å². The molecule has 7 heteroatoms. The van der Waals surface area contributed by atoms with E-state index in [4.69, 9.17) is 4.74 Å². The van der Waals surface area contributed by atoms with Gasteiger partial charge in [-0.3, -0.25) is 4.68 Å². The zero-order valence-corrected chi connectivity index (χ0v) is 14.1. The Balaban J connectivity index is 1.72. The Morgan fingerprint density at radius 3 is 2.76 bits per heavy atom. The summed E-state index contributed by atoms with van der Waals surface area (Å²) in [6, 6.07) is 11.9. The molecule has 1 aromatic carbocycles. The van der Waals surface area contributed by atoms with E-state index in [1.165, 1.54) is 5.56 Å². The van der Waals surface area contributed by atoms with Crippen molar-refractivity contribution in [2.75, 3.05) is 25.2 Å².